The van der Waals surface area contributed by atoms with Gasteiger partial charge in [0.15, 0.2) is 0 Å². The summed E-state index contributed by atoms with van der Waals surface area (Å²) in [5.74, 6) is 3.36. The number of fused-ring (bicyclic) bond motifs is 2. The van der Waals surface area contributed by atoms with Crippen LogP contribution < -0.4 is 9.64 Å². The predicted octanol–water partition coefficient (Wildman–Crippen LogP) is 5.47. The van der Waals surface area contributed by atoms with E-state index in [-0.39, 0.29) is 6.61 Å². The first-order chi connectivity index (χ1) is 21.0. The van der Waals surface area contributed by atoms with Gasteiger partial charge >= 0.3 is 0 Å². The molecule has 0 N–H and O–H groups in total. The van der Waals surface area contributed by atoms with Crippen molar-refractivity contribution in [1.29, 1.82) is 5.26 Å². The summed E-state index contributed by atoms with van der Waals surface area (Å²) < 4.78 is 28.3. The lowest BCUT2D eigenvalue weighted by Gasteiger charge is -2.45. The van der Waals surface area contributed by atoms with Crippen molar-refractivity contribution in [3.05, 3.63) is 82.9 Å². The number of imidazole rings is 1. The van der Waals surface area contributed by atoms with Gasteiger partial charge < -0.3 is 18.9 Å². The summed E-state index contributed by atoms with van der Waals surface area (Å²) in [6.07, 6.45) is 3.69. The SMILES string of the molecule is Cc1ccc2nc(CN3CCC4CN(c5cccc(OCc6ccc(C#N)cc6F)n5)CCC4C3)n(CC3CCO3)c2c1. The zero-order valence-corrected chi connectivity index (χ0v) is 24.6. The van der Waals surface area contributed by atoms with Gasteiger partial charge in [-0.3, -0.25) is 4.90 Å². The van der Waals surface area contributed by atoms with Crippen LogP contribution in [0.2, 0.25) is 0 Å². The first-order valence-corrected chi connectivity index (χ1v) is 15.4. The molecule has 3 unspecified atom stereocenters. The van der Waals surface area contributed by atoms with Gasteiger partial charge in [-0.15, -0.1) is 0 Å². The molecule has 3 atom stereocenters. The van der Waals surface area contributed by atoms with E-state index in [1.807, 2.05) is 24.3 Å². The zero-order valence-electron chi connectivity index (χ0n) is 24.6. The molecule has 43 heavy (non-hydrogen) atoms. The number of ether oxygens (including phenoxy) is 2. The monoisotopic (exact) mass is 580 g/mol. The minimum absolute atomic E-state index is 0.0651. The van der Waals surface area contributed by atoms with Gasteiger partial charge in [0.2, 0.25) is 5.88 Å². The molecular weight excluding hydrogens is 543 g/mol. The van der Waals surface area contributed by atoms with Gasteiger partial charge in [0, 0.05) is 37.9 Å². The first kappa shape index (κ1) is 27.8. The fraction of sp³-hybridized carbons (Fsp3) is 0.441. The number of benzene rings is 2. The number of nitrogens with zero attached hydrogens (tertiary/aromatic N) is 6. The van der Waals surface area contributed by atoms with Crippen molar-refractivity contribution >= 4 is 16.9 Å². The van der Waals surface area contributed by atoms with E-state index in [9.17, 15) is 4.39 Å². The Hall–Kier alpha value is -4.00. The lowest BCUT2D eigenvalue weighted by atomic mass is 9.80. The summed E-state index contributed by atoms with van der Waals surface area (Å²) in [7, 11) is 0. The Balaban J connectivity index is 0.976. The van der Waals surface area contributed by atoms with Crippen LogP contribution in [0, 0.1) is 35.9 Å². The molecule has 7 rings (SSSR count). The van der Waals surface area contributed by atoms with E-state index in [1.54, 1.807) is 12.1 Å². The summed E-state index contributed by atoms with van der Waals surface area (Å²) in [6, 6.07) is 18.7. The Morgan fingerprint density at radius 2 is 1.88 bits per heavy atom. The molecule has 0 bridgehead atoms. The number of anilines is 1. The zero-order chi connectivity index (χ0) is 29.3. The third-order valence-corrected chi connectivity index (χ3v) is 9.32. The van der Waals surface area contributed by atoms with E-state index < -0.39 is 5.82 Å². The second-order valence-electron chi connectivity index (χ2n) is 12.2. The Bertz CT molecular complexity index is 1660. The maximum atomic E-state index is 14.3. The molecule has 2 aromatic carbocycles. The van der Waals surface area contributed by atoms with Crippen LogP contribution in [-0.4, -0.2) is 58.3 Å². The normalized spacial score (nSPS) is 22.2. The topological polar surface area (TPSA) is 79.4 Å². The molecule has 222 valence electrons. The van der Waals surface area contributed by atoms with Gasteiger partial charge in [-0.1, -0.05) is 18.2 Å². The molecule has 0 spiro atoms. The van der Waals surface area contributed by atoms with Gasteiger partial charge in [0.1, 0.15) is 24.1 Å². The molecular formula is C34H37FN6O2. The molecule has 0 aliphatic carbocycles. The van der Waals surface area contributed by atoms with Gasteiger partial charge in [0.05, 0.1) is 41.9 Å². The van der Waals surface area contributed by atoms with E-state index in [1.165, 1.54) is 17.1 Å². The van der Waals surface area contributed by atoms with E-state index in [2.05, 4.69) is 39.5 Å². The second kappa shape index (κ2) is 11.9. The second-order valence-corrected chi connectivity index (χ2v) is 12.2. The van der Waals surface area contributed by atoms with Crippen molar-refractivity contribution in [3.8, 4) is 11.9 Å². The highest BCUT2D eigenvalue weighted by Crippen LogP contribution is 2.34. The number of nitriles is 1. The number of hydrogen-bond acceptors (Lipinski definition) is 7. The number of likely N-dealkylation sites (tertiary alicyclic amines) is 1. The lowest BCUT2D eigenvalue weighted by Crippen LogP contribution is -2.49. The quantitative estimate of drug-likeness (QED) is 0.274. The molecule has 0 amide bonds. The van der Waals surface area contributed by atoms with Crippen molar-refractivity contribution < 1.29 is 13.9 Å². The number of aryl methyl sites for hydroxylation is 1. The predicted molar refractivity (Wildman–Crippen MR) is 162 cm³/mol. The van der Waals surface area contributed by atoms with E-state index in [0.29, 0.717) is 34.9 Å². The standard InChI is InChI=1S/C34H37FN6O2/c1-23-5-8-30-31(15-23)41(20-28-11-14-42-28)33(37-30)21-39-12-9-26-19-40(13-10-25(26)18-39)32-3-2-4-34(38-32)43-22-27-7-6-24(17-36)16-29(27)35/h2-8,15-16,25-26,28H,9-14,18-22H2,1H3. The molecule has 2 aromatic heterocycles. The summed E-state index contributed by atoms with van der Waals surface area (Å²) in [4.78, 5) is 14.8. The van der Waals surface area contributed by atoms with Gasteiger partial charge in [-0.05, 0) is 80.5 Å². The molecule has 8 nitrogen and oxygen atoms in total. The van der Waals surface area contributed by atoms with Crippen molar-refractivity contribution in [2.24, 2.45) is 11.8 Å². The van der Waals surface area contributed by atoms with Crippen LogP contribution in [-0.2, 0) is 24.4 Å². The highest BCUT2D eigenvalue weighted by molar-refractivity contribution is 5.77. The van der Waals surface area contributed by atoms with Crippen LogP contribution in [0.3, 0.4) is 0 Å². The summed E-state index contributed by atoms with van der Waals surface area (Å²) in [5.41, 5.74) is 4.25. The molecule has 3 saturated heterocycles. The maximum absolute atomic E-state index is 14.3. The van der Waals surface area contributed by atoms with Crippen LogP contribution >= 0.6 is 0 Å². The van der Waals surface area contributed by atoms with Crippen LogP contribution in [0.4, 0.5) is 10.2 Å². The fourth-order valence-electron chi connectivity index (χ4n) is 6.76. The minimum Gasteiger partial charge on any atom is -0.473 e. The Morgan fingerprint density at radius 1 is 1.02 bits per heavy atom. The average Bonchev–Trinajstić information content (AvgIpc) is 3.33. The lowest BCUT2D eigenvalue weighted by molar-refractivity contribution is -0.0592. The fourth-order valence-corrected chi connectivity index (χ4v) is 6.76. The average molecular weight is 581 g/mol. The van der Waals surface area contributed by atoms with Crippen molar-refractivity contribution in [1.82, 2.24) is 19.4 Å². The Labute approximate surface area is 251 Å². The van der Waals surface area contributed by atoms with Gasteiger partial charge in [-0.2, -0.15) is 10.2 Å². The number of pyridine rings is 1. The Kier molecular flexibility index (Phi) is 7.72. The van der Waals surface area contributed by atoms with Crippen LogP contribution in [0.15, 0.2) is 54.6 Å². The molecule has 5 heterocycles. The van der Waals surface area contributed by atoms with Crippen molar-refractivity contribution in [2.75, 3.05) is 37.7 Å². The third kappa shape index (κ3) is 5.95. The van der Waals surface area contributed by atoms with E-state index in [0.717, 1.165) is 82.3 Å². The summed E-state index contributed by atoms with van der Waals surface area (Å²) in [6.45, 7) is 8.90. The molecule has 4 aromatic rings. The molecule has 0 saturated carbocycles. The third-order valence-electron chi connectivity index (χ3n) is 9.32. The first-order valence-electron chi connectivity index (χ1n) is 15.4. The molecule has 9 heteroatoms. The van der Waals surface area contributed by atoms with Crippen LogP contribution in [0.5, 0.6) is 5.88 Å². The van der Waals surface area contributed by atoms with E-state index >= 15 is 0 Å². The summed E-state index contributed by atoms with van der Waals surface area (Å²) >= 11 is 0. The number of rotatable bonds is 8. The smallest absolute Gasteiger partial charge is 0.215 e. The number of piperidine rings is 2. The minimum atomic E-state index is -0.441. The van der Waals surface area contributed by atoms with E-state index in [4.69, 9.17) is 24.7 Å². The largest absolute Gasteiger partial charge is 0.473 e. The molecule has 3 aliphatic rings. The summed E-state index contributed by atoms with van der Waals surface area (Å²) in [5, 5.41) is 8.97. The van der Waals surface area contributed by atoms with Gasteiger partial charge in [-0.25, -0.2) is 9.37 Å². The van der Waals surface area contributed by atoms with Crippen LogP contribution in [0.25, 0.3) is 11.0 Å². The molecule has 3 aliphatic heterocycles. The number of aromatic nitrogens is 3. The van der Waals surface area contributed by atoms with Crippen LogP contribution in [0.1, 0.15) is 41.8 Å². The highest BCUT2D eigenvalue weighted by Gasteiger charge is 2.35. The van der Waals surface area contributed by atoms with Crippen molar-refractivity contribution in [3.63, 3.8) is 0 Å². The Morgan fingerprint density at radius 3 is 2.70 bits per heavy atom. The number of halogens is 1. The molecule has 0 radical (unpaired) electrons. The number of hydrogen-bond donors (Lipinski definition) is 0. The van der Waals surface area contributed by atoms with Gasteiger partial charge in [0.25, 0.3) is 0 Å². The maximum Gasteiger partial charge on any atom is 0.215 e. The van der Waals surface area contributed by atoms with Crippen molar-refractivity contribution in [2.45, 2.75) is 52.0 Å². The highest BCUT2D eigenvalue weighted by atomic mass is 19.1. The molecule has 3 fully saturated rings.